The number of amides is 1. The highest BCUT2D eigenvalue weighted by atomic mass is 16.6. The minimum absolute atomic E-state index is 0.0222. The van der Waals surface area contributed by atoms with Crippen LogP contribution in [-0.2, 0) is 0 Å². The Morgan fingerprint density at radius 2 is 2.00 bits per heavy atom. The topological polar surface area (TPSA) is 92.5 Å². The number of aryl methyl sites for hydroxylation is 1. The van der Waals surface area contributed by atoms with Crippen molar-refractivity contribution in [3.63, 3.8) is 0 Å². The monoisotopic (exact) mass is 278 g/mol. The van der Waals surface area contributed by atoms with Gasteiger partial charge in [0.05, 0.1) is 11.0 Å². The van der Waals surface area contributed by atoms with E-state index in [1.54, 1.807) is 13.0 Å². The lowest BCUT2D eigenvalue weighted by molar-refractivity contribution is -0.385. The maximum atomic E-state index is 12.2. The number of hydrogen-bond acceptors (Lipinski definition) is 4. The summed E-state index contributed by atoms with van der Waals surface area (Å²) in [7, 11) is 0. The Bertz CT molecular complexity index is 522. The first-order chi connectivity index (χ1) is 9.47. The van der Waals surface area contributed by atoms with Gasteiger partial charge in [-0.3, -0.25) is 14.9 Å². The largest absolute Gasteiger partial charge is 0.393 e. The lowest BCUT2D eigenvalue weighted by Crippen LogP contribution is -2.38. The van der Waals surface area contributed by atoms with Crippen LogP contribution in [0.25, 0.3) is 0 Å². The van der Waals surface area contributed by atoms with Crippen molar-refractivity contribution in [2.24, 2.45) is 0 Å². The molecule has 6 nitrogen and oxygen atoms in total. The molecule has 0 spiro atoms. The molecule has 1 aromatic carbocycles. The van der Waals surface area contributed by atoms with Crippen molar-refractivity contribution in [1.82, 2.24) is 5.32 Å². The maximum Gasteiger partial charge on any atom is 0.282 e. The number of hydrogen-bond donors (Lipinski definition) is 2. The lowest BCUT2D eigenvalue weighted by Gasteiger charge is -2.26. The van der Waals surface area contributed by atoms with Crippen molar-refractivity contribution in [3.05, 3.63) is 39.4 Å². The number of carbonyl (C=O) groups excluding carboxylic acids is 1. The molecule has 1 aliphatic rings. The molecular formula is C14H18N2O4. The highest BCUT2D eigenvalue weighted by molar-refractivity contribution is 5.98. The molecule has 0 saturated heterocycles. The van der Waals surface area contributed by atoms with Crippen molar-refractivity contribution in [3.8, 4) is 0 Å². The molecule has 1 amide bonds. The Kier molecular flexibility index (Phi) is 4.34. The molecule has 108 valence electrons. The summed E-state index contributed by atoms with van der Waals surface area (Å²) in [5.74, 6) is -0.415. The second-order valence-corrected chi connectivity index (χ2v) is 5.26. The van der Waals surface area contributed by atoms with Gasteiger partial charge >= 0.3 is 0 Å². The van der Waals surface area contributed by atoms with Crippen LogP contribution in [0.5, 0.6) is 0 Å². The number of nitrogens with zero attached hydrogens (tertiary/aromatic N) is 1. The average molecular weight is 278 g/mol. The van der Waals surface area contributed by atoms with Gasteiger partial charge in [-0.25, -0.2) is 0 Å². The van der Waals surface area contributed by atoms with Crippen LogP contribution >= 0.6 is 0 Å². The van der Waals surface area contributed by atoms with Gasteiger partial charge in [0.1, 0.15) is 5.56 Å². The van der Waals surface area contributed by atoms with Crippen molar-refractivity contribution in [1.29, 1.82) is 0 Å². The first kappa shape index (κ1) is 14.5. The fourth-order valence-corrected chi connectivity index (χ4v) is 2.47. The number of rotatable bonds is 3. The summed E-state index contributed by atoms with van der Waals surface area (Å²) in [6, 6.07) is 4.48. The van der Waals surface area contributed by atoms with Crippen LogP contribution in [0, 0.1) is 17.0 Å². The summed E-state index contributed by atoms with van der Waals surface area (Å²) < 4.78 is 0. The number of nitrogens with one attached hydrogen (secondary N) is 1. The van der Waals surface area contributed by atoms with E-state index < -0.39 is 10.8 Å². The van der Waals surface area contributed by atoms with Crippen LogP contribution in [0.2, 0.25) is 0 Å². The van der Waals surface area contributed by atoms with Crippen LogP contribution in [0.1, 0.15) is 41.6 Å². The predicted octanol–water partition coefficient (Wildman–Crippen LogP) is 1.94. The summed E-state index contributed by atoms with van der Waals surface area (Å²) in [5, 5.41) is 23.2. The highest BCUT2D eigenvalue weighted by Gasteiger charge is 2.25. The molecule has 2 N–H and O–H groups in total. The molecular weight excluding hydrogens is 260 g/mol. The molecule has 6 heteroatoms. The normalized spacial score (nSPS) is 22.3. The minimum Gasteiger partial charge on any atom is -0.393 e. The maximum absolute atomic E-state index is 12.2. The molecule has 0 radical (unpaired) electrons. The number of aliphatic hydroxyl groups excluding tert-OH is 1. The summed E-state index contributed by atoms with van der Waals surface area (Å²) in [6.45, 7) is 1.79. The number of aliphatic hydroxyl groups is 1. The predicted molar refractivity (Wildman–Crippen MR) is 73.6 cm³/mol. The number of nitro groups is 1. The number of benzene rings is 1. The van der Waals surface area contributed by atoms with Crippen LogP contribution in [0.15, 0.2) is 18.2 Å². The van der Waals surface area contributed by atoms with Gasteiger partial charge < -0.3 is 10.4 Å². The molecule has 0 bridgehead atoms. The number of nitro benzene ring substituents is 1. The van der Waals surface area contributed by atoms with Gasteiger partial charge in [0, 0.05) is 12.1 Å². The Morgan fingerprint density at radius 1 is 1.35 bits per heavy atom. The van der Waals surface area contributed by atoms with E-state index in [0.717, 1.165) is 5.56 Å². The Morgan fingerprint density at radius 3 is 2.60 bits per heavy atom. The molecule has 2 rings (SSSR count). The third-order valence-electron chi connectivity index (χ3n) is 3.63. The van der Waals surface area contributed by atoms with Crippen molar-refractivity contribution < 1.29 is 14.8 Å². The average Bonchev–Trinajstić information content (AvgIpc) is 2.41. The molecule has 1 aromatic rings. The SMILES string of the molecule is Cc1ccc([N+](=O)[O-])c(C(=O)NC2CCC(O)CC2)c1. The van der Waals surface area contributed by atoms with Gasteiger partial charge in [0.2, 0.25) is 0 Å². The second kappa shape index (κ2) is 6.00. The van der Waals surface area contributed by atoms with Crippen LogP contribution < -0.4 is 5.32 Å². The third-order valence-corrected chi connectivity index (χ3v) is 3.63. The highest BCUT2D eigenvalue weighted by Crippen LogP contribution is 2.22. The summed E-state index contributed by atoms with van der Waals surface area (Å²) in [4.78, 5) is 22.6. The zero-order chi connectivity index (χ0) is 14.7. The summed E-state index contributed by atoms with van der Waals surface area (Å²) in [5.41, 5.74) is 0.727. The Hall–Kier alpha value is -1.95. The van der Waals surface area contributed by atoms with Crippen LogP contribution in [-0.4, -0.2) is 28.1 Å². The smallest absolute Gasteiger partial charge is 0.282 e. The van der Waals surface area contributed by atoms with E-state index in [0.29, 0.717) is 25.7 Å². The van der Waals surface area contributed by atoms with E-state index in [1.165, 1.54) is 12.1 Å². The molecule has 1 saturated carbocycles. The quantitative estimate of drug-likeness (QED) is 0.652. The molecule has 0 atom stereocenters. The third kappa shape index (κ3) is 3.33. The van der Waals surface area contributed by atoms with E-state index in [2.05, 4.69) is 5.32 Å². The summed E-state index contributed by atoms with van der Waals surface area (Å²) >= 11 is 0. The summed E-state index contributed by atoms with van der Waals surface area (Å²) in [6.07, 6.45) is 2.41. The van der Waals surface area contributed by atoms with E-state index in [4.69, 9.17) is 0 Å². The fourth-order valence-electron chi connectivity index (χ4n) is 2.47. The molecule has 0 heterocycles. The Balaban J connectivity index is 2.12. The Labute approximate surface area is 117 Å². The first-order valence-corrected chi connectivity index (χ1v) is 6.71. The van der Waals surface area contributed by atoms with E-state index in [1.807, 2.05) is 0 Å². The first-order valence-electron chi connectivity index (χ1n) is 6.71. The standard InChI is InChI=1S/C14H18N2O4/c1-9-2-7-13(16(19)20)12(8-9)14(18)15-10-3-5-11(17)6-4-10/h2,7-8,10-11,17H,3-6H2,1H3,(H,15,18). The minimum atomic E-state index is -0.543. The van der Waals surface area contributed by atoms with Gasteiger partial charge in [-0.05, 0) is 44.2 Å². The second-order valence-electron chi connectivity index (χ2n) is 5.26. The zero-order valence-corrected chi connectivity index (χ0v) is 11.3. The molecule has 20 heavy (non-hydrogen) atoms. The molecule has 1 fully saturated rings. The van der Waals surface area contributed by atoms with E-state index in [9.17, 15) is 20.0 Å². The molecule has 0 aliphatic heterocycles. The molecule has 1 aliphatic carbocycles. The number of carbonyl (C=O) groups is 1. The van der Waals surface area contributed by atoms with E-state index in [-0.39, 0.29) is 23.4 Å². The lowest BCUT2D eigenvalue weighted by atomic mass is 9.93. The van der Waals surface area contributed by atoms with Gasteiger partial charge in [0.15, 0.2) is 0 Å². The van der Waals surface area contributed by atoms with Crippen molar-refractivity contribution in [2.45, 2.75) is 44.8 Å². The van der Waals surface area contributed by atoms with Crippen molar-refractivity contribution in [2.75, 3.05) is 0 Å². The fraction of sp³-hybridized carbons (Fsp3) is 0.500. The van der Waals surface area contributed by atoms with Gasteiger partial charge in [-0.15, -0.1) is 0 Å². The van der Waals surface area contributed by atoms with E-state index >= 15 is 0 Å². The molecule has 0 aromatic heterocycles. The van der Waals surface area contributed by atoms with Crippen LogP contribution in [0.4, 0.5) is 5.69 Å². The van der Waals surface area contributed by atoms with Gasteiger partial charge in [-0.1, -0.05) is 6.07 Å². The van der Waals surface area contributed by atoms with Crippen molar-refractivity contribution >= 4 is 11.6 Å². The van der Waals surface area contributed by atoms with Crippen LogP contribution in [0.3, 0.4) is 0 Å². The molecule has 0 unspecified atom stereocenters. The van der Waals surface area contributed by atoms with Gasteiger partial charge in [0.25, 0.3) is 11.6 Å². The van der Waals surface area contributed by atoms with Gasteiger partial charge in [-0.2, -0.15) is 0 Å². The zero-order valence-electron chi connectivity index (χ0n) is 11.3.